The van der Waals surface area contributed by atoms with E-state index in [1.54, 1.807) is 18.2 Å². The summed E-state index contributed by atoms with van der Waals surface area (Å²) in [5.74, 6) is 0.442. The van der Waals surface area contributed by atoms with Gasteiger partial charge in [-0.2, -0.15) is 0 Å². The molecule has 30 heavy (non-hydrogen) atoms. The van der Waals surface area contributed by atoms with Gasteiger partial charge in [-0.1, -0.05) is 6.92 Å². The molecule has 2 N–H and O–H groups in total. The number of carbonyl (C=O) groups is 2. The van der Waals surface area contributed by atoms with Crippen molar-refractivity contribution in [1.29, 1.82) is 0 Å². The summed E-state index contributed by atoms with van der Waals surface area (Å²) in [5, 5.41) is 5.83. The van der Waals surface area contributed by atoms with Gasteiger partial charge in [0.15, 0.2) is 5.76 Å². The number of ether oxygens (including phenoxy) is 1. The Balaban J connectivity index is 1.53. The Hall–Kier alpha value is -2.80. The topological polar surface area (TPSA) is 83.8 Å². The van der Waals surface area contributed by atoms with Crippen molar-refractivity contribution in [1.82, 2.24) is 5.32 Å². The Morgan fingerprint density at radius 3 is 2.67 bits per heavy atom. The first kappa shape index (κ1) is 20.5. The summed E-state index contributed by atoms with van der Waals surface area (Å²) < 4.78 is 10.8. The highest BCUT2D eigenvalue weighted by Gasteiger charge is 2.23. The number of hydrogen-bond acceptors (Lipinski definition) is 5. The number of nitrogens with one attached hydrogen (secondary N) is 2. The largest absolute Gasteiger partial charge is 0.459 e. The van der Waals surface area contributed by atoms with Gasteiger partial charge in [-0.15, -0.1) is 0 Å². The van der Waals surface area contributed by atoms with E-state index in [0.29, 0.717) is 23.7 Å². The summed E-state index contributed by atoms with van der Waals surface area (Å²) in [6.45, 7) is 5.36. The molecule has 2 amide bonds. The van der Waals surface area contributed by atoms with Crippen LogP contribution >= 0.6 is 0 Å². The maximum Gasteiger partial charge on any atom is 0.291 e. The molecule has 0 radical (unpaired) electrons. The van der Waals surface area contributed by atoms with Crippen LogP contribution in [0.3, 0.4) is 0 Å². The van der Waals surface area contributed by atoms with E-state index >= 15 is 0 Å². The molecule has 1 aromatic carbocycles. The van der Waals surface area contributed by atoms with Crippen LogP contribution in [-0.4, -0.2) is 44.2 Å². The van der Waals surface area contributed by atoms with Crippen LogP contribution < -0.4 is 15.5 Å². The molecule has 2 aliphatic rings. The standard InChI is InChI=1S/C23H29N3O4/c1-16-8-10-26(11-9-16)20-7-6-17(25-23(28)21-5-3-13-30-21)14-19(20)22(27)24-15-18-4-2-12-29-18/h3,5-7,13-14,16,18H,2,4,8-12,15H2,1H3,(H,24,27)(H,25,28). The Labute approximate surface area is 176 Å². The molecular formula is C23H29N3O4. The molecule has 0 saturated carbocycles. The number of carbonyl (C=O) groups excluding carboxylic acids is 2. The van der Waals surface area contributed by atoms with Crippen molar-refractivity contribution in [3.8, 4) is 0 Å². The average molecular weight is 412 g/mol. The van der Waals surface area contributed by atoms with Crippen molar-refractivity contribution >= 4 is 23.2 Å². The van der Waals surface area contributed by atoms with E-state index < -0.39 is 0 Å². The lowest BCUT2D eigenvalue weighted by Crippen LogP contribution is -2.36. The highest BCUT2D eigenvalue weighted by Crippen LogP contribution is 2.29. The van der Waals surface area contributed by atoms with E-state index in [9.17, 15) is 9.59 Å². The number of benzene rings is 1. The molecule has 7 heteroatoms. The zero-order chi connectivity index (χ0) is 20.9. The van der Waals surface area contributed by atoms with E-state index in [1.807, 2.05) is 12.1 Å². The molecule has 2 aliphatic heterocycles. The number of nitrogens with zero attached hydrogens (tertiary/aromatic N) is 1. The molecule has 0 spiro atoms. The molecule has 1 unspecified atom stereocenters. The van der Waals surface area contributed by atoms with Gasteiger partial charge in [-0.25, -0.2) is 0 Å². The van der Waals surface area contributed by atoms with Crippen LogP contribution in [0.1, 0.15) is 53.5 Å². The van der Waals surface area contributed by atoms with Gasteiger partial charge in [0.25, 0.3) is 11.8 Å². The lowest BCUT2D eigenvalue weighted by Gasteiger charge is -2.33. The van der Waals surface area contributed by atoms with Crippen molar-refractivity contribution in [3.05, 3.63) is 47.9 Å². The summed E-state index contributed by atoms with van der Waals surface area (Å²) in [6.07, 6.45) is 5.75. The lowest BCUT2D eigenvalue weighted by atomic mass is 9.97. The molecule has 160 valence electrons. The summed E-state index contributed by atoms with van der Waals surface area (Å²) in [7, 11) is 0. The fourth-order valence-corrected chi connectivity index (χ4v) is 4.03. The smallest absolute Gasteiger partial charge is 0.291 e. The highest BCUT2D eigenvalue weighted by atomic mass is 16.5. The second kappa shape index (κ2) is 9.34. The third-order valence-corrected chi connectivity index (χ3v) is 5.88. The Morgan fingerprint density at radius 1 is 1.13 bits per heavy atom. The number of anilines is 2. The van der Waals surface area contributed by atoms with Crippen LogP contribution in [0.15, 0.2) is 41.0 Å². The Morgan fingerprint density at radius 2 is 1.97 bits per heavy atom. The molecular weight excluding hydrogens is 382 g/mol. The van der Waals surface area contributed by atoms with Crippen molar-refractivity contribution in [2.45, 2.75) is 38.7 Å². The first-order valence-electron chi connectivity index (χ1n) is 10.7. The molecule has 1 atom stereocenters. The fraction of sp³-hybridized carbons (Fsp3) is 0.478. The zero-order valence-electron chi connectivity index (χ0n) is 17.4. The predicted molar refractivity (Wildman–Crippen MR) is 115 cm³/mol. The molecule has 2 aromatic rings. The third kappa shape index (κ3) is 4.84. The van der Waals surface area contributed by atoms with Gasteiger partial charge in [-0.05, 0) is 61.9 Å². The number of piperidine rings is 1. The zero-order valence-corrected chi connectivity index (χ0v) is 17.4. The van der Waals surface area contributed by atoms with Crippen LogP contribution in [0.5, 0.6) is 0 Å². The van der Waals surface area contributed by atoms with Crippen molar-refractivity contribution in [2.24, 2.45) is 5.92 Å². The molecule has 0 aliphatic carbocycles. The summed E-state index contributed by atoms with van der Waals surface area (Å²) in [5.41, 5.74) is 2.04. The van der Waals surface area contributed by atoms with Crippen LogP contribution in [0.4, 0.5) is 11.4 Å². The van der Waals surface area contributed by atoms with Crippen LogP contribution in [0.25, 0.3) is 0 Å². The van der Waals surface area contributed by atoms with E-state index in [0.717, 1.165) is 51.1 Å². The second-order valence-corrected chi connectivity index (χ2v) is 8.18. The van der Waals surface area contributed by atoms with Crippen LogP contribution in [-0.2, 0) is 4.74 Å². The van der Waals surface area contributed by atoms with Gasteiger partial charge in [-0.3, -0.25) is 9.59 Å². The van der Waals surface area contributed by atoms with Crippen LogP contribution in [0, 0.1) is 5.92 Å². The number of furan rings is 1. The molecule has 2 saturated heterocycles. The fourth-order valence-electron chi connectivity index (χ4n) is 4.03. The van der Waals surface area contributed by atoms with Gasteiger partial charge >= 0.3 is 0 Å². The first-order valence-corrected chi connectivity index (χ1v) is 10.7. The number of amides is 2. The molecule has 0 bridgehead atoms. The predicted octanol–water partition coefficient (Wildman–Crippen LogP) is 3.68. The van der Waals surface area contributed by atoms with Gasteiger partial charge in [0.05, 0.1) is 17.9 Å². The van der Waals surface area contributed by atoms with E-state index in [4.69, 9.17) is 9.15 Å². The van der Waals surface area contributed by atoms with Crippen molar-refractivity contribution < 1.29 is 18.7 Å². The molecule has 1 aromatic heterocycles. The van der Waals surface area contributed by atoms with Crippen molar-refractivity contribution in [2.75, 3.05) is 36.5 Å². The van der Waals surface area contributed by atoms with E-state index in [-0.39, 0.29) is 23.7 Å². The van der Waals surface area contributed by atoms with E-state index in [1.165, 1.54) is 6.26 Å². The lowest BCUT2D eigenvalue weighted by molar-refractivity contribution is 0.0858. The molecule has 4 rings (SSSR count). The first-order chi connectivity index (χ1) is 14.6. The van der Waals surface area contributed by atoms with Crippen LogP contribution in [0.2, 0.25) is 0 Å². The summed E-state index contributed by atoms with van der Waals surface area (Å²) >= 11 is 0. The maximum absolute atomic E-state index is 13.1. The average Bonchev–Trinajstić information content (AvgIpc) is 3.47. The van der Waals surface area contributed by atoms with Gasteiger partial charge < -0.3 is 24.7 Å². The normalized spacial score (nSPS) is 19.6. The Kier molecular flexibility index (Phi) is 6.38. The minimum atomic E-state index is -0.342. The number of rotatable bonds is 6. The third-order valence-electron chi connectivity index (χ3n) is 5.88. The molecule has 3 heterocycles. The van der Waals surface area contributed by atoms with Gasteiger partial charge in [0, 0.05) is 37.6 Å². The summed E-state index contributed by atoms with van der Waals surface area (Å²) in [6, 6.07) is 8.78. The van der Waals surface area contributed by atoms with E-state index in [2.05, 4.69) is 22.5 Å². The minimum Gasteiger partial charge on any atom is -0.459 e. The van der Waals surface area contributed by atoms with Gasteiger partial charge in [0.2, 0.25) is 0 Å². The summed E-state index contributed by atoms with van der Waals surface area (Å²) in [4.78, 5) is 27.7. The Bertz CT molecular complexity index is 867. The van der Waals surface area contributed by atoms with Crippen molar-refractivity contribution in [3.63, 3.8) is 0 Å². The highest BCUT2D eigenvalue weighted by molar-refractivity contribution is 6.05. The quantitative estimate of drug-likeness (QED) is 0.758. The molecule has 2 fully saturated rings. The molecule has 7 nitrogen and oxygen atoms in total. The maximum atomic E-state index is 13.1. The monoisotopic (exact) mass is 411 g/mol. The number of hydrogen-bond donors (Lipinski definition) is 2. The SMILES string of the molecule is CC1CCN(c2ccc(NC(=O)c3ccco3)cc2C(=O)NCC2CCCO2)CC1. The van der Waals surface area contributed by atoms with Gasteiger partial charge in [0.1, 0.15) is 0 Å². The minimum absolute atomic E-state index is 0.0788. The second-order valence-electron chi connectivity index (χ2n) is 8.18.